The number of amides is 1. The molecule has 0 saturated heterocycles. The molecule has 0 aromatic heterocycles. The van der Waals surface area contributed by atoms with Crippen molar-refractivity contribution in [1.29, 1.82) is 0 Å². The predicted molar refractivity (Wildman–Crippen MR) is 69.0 cm³/mol. The summed E-state index contributed by atoms with van der Waals surface area (Å²) < 4.78 is 0. The third-order valence-electron chi connectivity index (χ3n) is 3.68. The van der Waals surface area contributed by atoms with Crippen molar-refractivity contribution in [2.45, 2.75) is 25.8 Å². The lowest BCUT2D eigenvalue weighted by Gasteiger charge is -2.25. The first-order chi connectivity index (χ1) is 8.93. The molecule has 2 rings (SSSR count). The maximum atomic E-state index is 12.3. The van der Waals surface area contributed by atoms with Crippen LogP contribution < -0.4 is 0 Å². The third kappa shape index (κ3) is 2.52. The fraction of sp³-hybridized carbons (Fsp3) is 0.462. The SMILES string of the molecule is CC(C1CC1)N(C)C(=O)c1cccc([N+](=O)[O-])c1O. The van der Waals surface area contributed by atoms with Crippen LogP contribution in [-0.2, 0) is 0 Å². The summed E-state index contributed by atoms with van der Waals surface area (Å²) in [6, 6.07) is 4.06. The van der Waals surface area contributed by atoms with Gasteiger partial charge in [0, 0.05) is 19.2 Å². The standard InChI is InChI=1S/C13H16N2O4/c1-8(9-6-7-9)14(2)13(17)10-4-3-5-11(12(10)16)15(18)19/h3-5,8-9,16H,6-7H2,1-2H3. The van der Waals surface area contributed by atoms with E-state index in [1.54, 1.807) is 7.05 Å². The highest BCUT2D eigenvalue weighted by Gasteiger charge is 2.34. The Balaban J connectivity index is 2.28. The second-order valence-corrected chi connectivity index (χ2v) is 4.92. The van der Waals surface area contributed by atoms with Gasteiger partial charge in [0.2, 0.25) is 5.75 Å². The van der Waals surface area contributed by atoms with Crippen LogP contribution in [0, 0.1) is 16.0 Å². The number of hydrogen-bond acceptors (Lipinski definition) is 4. The van der Waals surface area contributed by atoms with Gasteiger partial charge in [-0.05, 0) is 31.7 Å². The molecule has 1 fully saturated rings. The van der Waals surface area contributed by atoms with Crippen molar-refractivity contribution in [2.75, 3.05) is 7.05 Å². The van der Waals surface area contributed by atoms with Crippen molar-refractivity contribution in [3.05, 3.63) is 33.9 Å². The van der Waals surface area contributed by atoms with Crippen LogP contribution in [-0.4, -0.2) is 33.9 Å². The number of aromatic hydroxyl groups is 1. The van der Waals surface area contributed by atoms with E-state index in [1.165, 1.54) is 23.1 Å². The van der Waals surface area contributed by atoms with E-state index >= 15 is 0 Å². The summed E-state index contributed by atoms with van der Waals surface area (Å²) in [7, 11) is 1.66. The molecule has 1 N–H and O–H groups in total. The lowest BCUT2D eigenvalue weighted by Crippen LogP contribution is -2.36. The fourth-order valence-corrected chi connectivity index (χ4v) is 2.12. The van der Waals surface area contributed by atoms with Gasteiger partial charge in [0.1, 0.15) is 0 Å². The maximum Gasteiger partial charge on any atom is 0.311 e. The van der Waals surface area contributed by atoms with Crippen molar-refractivity contribution in [1.82, 2.24) is 4.90 Å². The van der Waals surface area contributed by atoms with Gasteiger partial charge in [0.05, 0.1) is 10.5 Å². The van der Waals surface area contributed by atoms with Crippen LogP contribution in [0.5, 0.6) is 5.75 Å². The van der Waals surface area contributed by atoms with Gasteiger partial charge in [0.25, 0.3) is 5.91 Å². The molecule has 1 atom stereocenters. The van der Waals surface area contributed by atoms with E-state index in [2.05, 4.69) is 0 Å². The number of carbonyl (C=O) groups is 1. The van der Waals surface area contributed by atoms with Crippen LogP contribution in [0.4, 0.5) is 5.69 Å². The minimum atomic E-state index is -0.698. The van der Waals surface area contributed by atoms with Crippen LogP contribution in [0.15, 0.2) is 18.2 Å². The predicted octanol–water partition coefficient (Wildman–Crippen LogP) is 2.17. The summed E-state index contributed by atoms with van der Waals surface area (Å²) in [6.45, 7) is 1.95. The smallest absolute Gasteiger partial charge is 0.311 e. The average molecular weight is 264 g/mol. The van der Waals surface area contributed by atoms with Gasteiger partial charge in [-0.3, -0.25) is 14.9 Å². The van der Waals surface area contributed by atoms with E-state index in [0.717, 1.165) is 12.8 Å². The zero-order valence-corrected chi connectivity index (χ0v) is 10.9. The highest BCUT2D eigenvalue weighted by atomic mass is 16.6. The number of phenols is 1. The summed E-state index contributed by atoms with van der Waals surface area (Å²) in [5.74, 6) is -0.456. The molecule has 1 amide bonds. The normalized spacial score (nSPS) is 15.9. The molecule has 102 valence electrons. The molecule has 1 aliphatic carbocycles. The van der Waals surface area contributed by atoms with Gasteiger partial charge >= 0.3 is 5.69 Å². The van der Waals surface area contributed by atoms with Crippen molar-refractivity contribution in [2.24, 2.45) is 5.92 Å². The van der Waals surface area contributed by atoms with Crippen LogP contribution in [0.1, 0.15) is 30.1 Å². The van der Waals surface area contributed by atoms with Crippen molar-refractivity contribution < 1.29 is 14.8 Å². The van der Waals surface area contributed by atoms with Crippen LogP contribution in [0.3, 0.4) is 0 Å². The Morgan fingerprint density at radius 1 is 1.53 bits per heavy atom. The third-order valence-corrected chi connectivity index (χ3v) is 3.68. The number of rotatable bonds is 4. The second kappa shape index (κ2) is 4.87. The van der Waals surface area contributed by atoms with E-state index < -0.39 is 16.4 Å². The Labute approximate surface area is 110 Å². The molecule has 0 spiro atoms. The number of phenolic OH excluding ortho intramolecular Hbond substituents is 1. The molecular formula is C13H16N2O4. The van der Waals surface area contributed by atoms with E-state index in [4.69, 9.17) is 0 Å². The Morgan fingerprint density at radius 2 is 2.16 bits per heavy atom. The van der Waals surface area contributed by atoms with Gasteiger partial charge in [0.15, 0.2) is 0 Å². The van der Waals surface area contributed by atoms with Crippen LogP contribution in [0.25, 0.3) is 0 Å². The molecule has 6 nitrogen and oxygen atoms in total. The molecule has 19 heavy (non-hydrogen) atoms. The largest absolute Gasteiger partial charge is 0.502 e. The molecule has 1 aromatic rings. The minimum absolute atomic E-state index is 0.0239. The quantitative estimate of drug-likeness (QED) is 0.667. The Kier molecular flexibility index (Phi) is 3.42. The highest BCUT2D eigenvalue weighted by molar-refractivity contribution is 5.98. The summed E-state index contributed by atoms with van der Waals surface area (Å²) in [5, 5.41) is 20.6. The van der Waals surface area contributed by atoms with E-state index in [9.17, 15) is 20.0 Å². The first kappa shape index (κ1) is 13.3. The number of benzene rings is 1. The van der Waals surface area contributed by atoms with Gasteiger partial charge < -0.3 is 10.0 Å². The van der Waals surface area contributed by atoms with Gasteiger partial charge in [-0.15, -0.1) is 0 Å². The lowest BCUT2D eigenvalue weighted by molar-refractivity contribution is -0.385. The molecular weight excluding hydrogens is 248 g/mol. The molecule has 1 saturated carbocycles. The number of nitro benzene ring substituents is 1. The topological polar surface area (TPSA) is 83.7 Å². The fourth-order valence-electron chi connectivity index (χ4n) is 2.12. The highest BCUT2D eigenvalue weighted by Crippen LogP contribution is 2.36. The minimum Gasteiger partial charge on any atom is -0.502 e. The Morgan fingerprint density at radius 3 is 2.68 bits per heavy atom. The second-order valence-electron chi connectivity index (χ2n) is 4.92. The molecule has 1 aromatic carbocycles. The summed E-state index contributed by atoms with van der Waals surface area (Å²) in [4.78, 5) is 23.8. The number of para-hydroxylation sites is 1. The molecule has 6 heteroatoms. The molecule has 0 bridgehead atoms. The Bertz CT molecular complexity index is 525. The summed E-state index contributed by atoms with van der Waals surface area (Å²) in [6.07, 6.45) is 2.19. The first-order valence-electron chi connectivity index (χ1n) is 6.17. The first-order valence-corrected chi connectivity index (χ1v) is 6.17. The average Bonchev–Trinajstić information content (AvgIpc) is 3.20. The molecule has 0 radical (unpaired) electrons. The zero-order chi connectivity index (χ0) is 14.2. The zero-order valence-electron chi connectivity index (χ0n) is 10.9. The number of nitrogens with zero attached hydrogens (tertiary/aromatic N) is 2. The number of nitro groups is 1. The lowest BCUT2D eigenvalue weighted by atomic mass is 10.1. The van der Waals surface area contributed by atoms with Crippen molar-refractivity contribution in [3.63, 3.8) is 0 Å². The summed E-state index contributed by atoms with van der Waals surface area (Å²) in [5.41, 5.74) is -0.470. The maximum absolute atomic E-state index is 12.3. The van der Waals surface area contributed by atoms with Crippen LogP contribution >= 0.6 is 0 Å². The van der Waals surface area contributed by atoms with Gasteiger partial charge in [-0.2, -0.15) is 0 Å². The van der Waals surface area contributed by atoms with E-state index in [0.29, 0.717) is 5.92 Å². The summed E-state index contributed by atoms with van der Waals surface area (Å²) >= 11 is 0. The number of carbonyl (C=O) groups excluding carboxylic acids is 1. The van der Waals surface area contributed by atoms with E-state index in [1.807, 2.05) is 6.92 Å². The Hall–Kier alpha value is -2.11. The van der Waals surface area contributed by atoms with Gasteiger partial charge in [-0.25, -0.2) is 0 Å². The van der Waals surface area contributed by atoms with E-state index in [-0.39, 0.29) is 17.5 Å². The van der Waals surface area contributed by atoms with Crippen LogP contribution in [0.2, 0.25) is 0 Å². The monoisotopic (exact) mass is 264 g/mol. The molecule has 1 unspecified atom stereocenters. The van der Waals surface area contributed by atoms with Crippen molar-refractivity contribution >= 4 is 11.6 Å². The molecule has 0 heterocycles. The molecule has 1 aliphatic rings. The van der Waals surface area contributed by atoms with Gasteiger partial charge in [-0.1, -0.05) is 6.07 Å². The molecule has 0 aliphatic heterocycles. The van der Waals surface area contributed by atoms with Crippen molar-refractivity contribution in [3.8, 4) is 5.75 Å². The number of hydrogen-bond donors (Lipinski definition) is 1.